The van der Waals surface area contributed by atoms with Crippen LogP contribution in [0.5, 0.6) is 0 Å². The van der Waals surface area contributed by atoms with Crippen LogP contribution >= 0.6 is 0 Å². The molecule has 0 saturated carbocycles. The van der Waals surface area contributed by atoms with Crippen LogP contribution in [0.25, 0.3) is 0 Å². The number of nitrogens with two attached hydrogens (primary N) is 1. The predicted octanol–water partition coefficient (Wildman–Crippen LogP) is 0.971. The first-order chi connectivity index (χ1) is 7.02. The number of hydrazine groups is 1. The maximum Gasteiger partial charge on any atom is 0.236 e. The van der Waals surface area contributed by atoms with E-state index in [1.54, 1.807) is 0 Å². The Hall–Kier alpha value is -0.610. The molecule has 1 rings (SSSR count). The van der Waals surface area contributed by atoms with Crippen molar-refractivity contribution in [3.63, 3.8) is 0 Å². The number of carbonyl (C=O) groups is 1. The van der Waals surface area contributed by atoms with E-state index in [1.807, 2.05) is 11.9 Å². The Balaban J connectivity index is 2.56. The average molecular weight is 213 g/mol. The second-order valence-electron chi connectivity index (χ2n) is 4.64. The number of amides is 1. The van der Waals surface area contributed by atoms with Gasteiger partial charge in [0.25, 0.3) is 0 Å². The molecule has 0 aromatic heterocycles. The average Bonchev–Trinajstić information content (AvgIpc) is 2.15. The zero-order chi connectivity index (χ0) is 11.4. The lowest BCUT2D eigenvalue weighted by molar-refractivity contribution is -0.159. The molecule has 88 valence electrons. The van der Waals surface area contributed by atoms with Crippen LogP contribution in [-0.2, 0) is 4.79 Å². The summed E-state index contributed by atoms with van der Waals surface area (Å²) < 4.78 is 0. The van der Waals surface area contributed by atoms with Gasteiger partial charge in [0.05, 0.1) is 0 Å². The molecule has 1 fully saturated rings. The van der Waals surface area contributed by atoms with Crippen LogP contribution in [0.1, 0.15) is 40.0 Å². The lowest BCUT2D eigenvalue weighted by Gasteiger charge is -2.41. The molecule has 0 radical (unpaired) electrons. The molecule has 0 aromatic carbocycles. The van der Waals surface area contributed by atoms with E-state index in [9.17, 15) is 4.79 Å². The van der Waals surface area contributed by atoms with E-state index in [1.165, 1.54) is 0 Å². The highest BCUT2D eigenvalue weighted by atomic mass is 16.2. The summed E-state index contributed by atoms with van der Waals surface area (Å²) in [6.45, 7) is 7.97. The molecule has 1 atom stereocenters. The van der Waals surface area contributed by atoms with Crippen molar-refractivity contribution in [3.05, 3.63) is 0 Å². The van der Waals surface area contributed by atoms with E-state index in [0.717, 1.165) is 25.9 Å². The molecule has 0 aliphatic carbocycles. The third-order valence-electron chi connectivity index (χ3n) is 2.77. The molecule has 0 spiro atoms. The predicted molar refractivity (Wildman–Crippen MR) is 61.1 cm³/mol. The summed E-state index contributed by atoms with van der Waals surface area (Å²) in [6, 6.07) is 0.552. The standard InChI is InChI=1S/C11H23N3O/c1-9(2)13-7-4-5-11(15)14(13)8-6-10(3)12/h9-10H,4-8,12H2,1-3H3. The van der Waals surface area contributed by atoms with Crippen molar-refractivity contribution in [3.8, 4) is 0 Å². The minimum Gasteiger partial charge on any atom is -0.328 e. The fourth-order valence-corrected chi connectivity index (χ4v) is 1.90. The van der Waals surface area contributed by atoms with Crippen molar-refractivity contribution < 1.29 is 4.79 Å². The second-order valence-corrected chi connectivity index (χ2v) is 4.64. The summed E-state index contributed by atoms with van der Waals surface area (Å²) in [5.74, 6) is 0.246. The Bertz CT molecular complexity index is 216. The quantitative estimate of drug-likeness (QED) is 0.757. The molecule has 4 heteroatoms. The number of hydrogen-bond donors (Lipinski definition) is 1. The van der Waals surface area contributed by atoms with Gasteiger partial charge < -0.3 is 5.73 Å². The number of carbonyl (C=O) groups excluding carboxylic acids is 1. The van der Waals surface area contributed by atoms with E-state index in [2.05, 4.69) is 18.9 Å². The van der Waals surface area contributed by atoms with Crippen LogP contribution in [0, 0.1) is 0 Å². The molecule has 1 saturated heterocycles. The Kier molecular flexibility index (Phi) is 4.54. The first-order valence-corrected chi connectivity index (χ1v) is 5.85. The van der Waals surface area contributed by atoms with Crippen molar-refractivity contribution in [1.29, 1.82) is 0 Å². The molecule has 1 heterocycles. The SMILES string of the molecule is CC(N)CCN1C(=O)CCCN1C(C)C. The highest BCUT2D eigenvalue weighted by molar-refractivity contribution is 5.76. The van der Waals surface area contributed by atoms with Crippen LogP contribution in [0.2, 0.25) is 0 Å². The lowest BCUT2D eigenvalue weighted by atomic mass is 10.2. The zero-order valence-electron chi connectivity index (χ0n) is 10.1. The number of rotatable bonds is 4. The van der Waals surface area contributed by atoms with Crippen LogP contribution in [0.15, 0.2) is 0 Å². The third kappa shape index (κ3) is 3.47. The smallest absolute Gasteiger partial charge is 0.236 e. The minimum atomic E-state index is 0.161. The first-order valence-electron chi connectivity index (χ1n) is 5.85. The number of nitrogens with zero attached hydrogens (tertiary/aromatic N) is 2. The van der Waals surface area contributed by atoms with Gasteiger partial charge in [0.15, 0.2) is 0 Å². The summed E-state index contributed by atoms with van der Waals surface area (Å²) in [5.41, 5.74) is 5.72. The molecule has 0 aromatic rings. The monoisotopic (exact) mass is 213 g/mol. The van der Waals surface area contributed by atoms with Gasteiger partial charge >= 0.3 is 0 Å². The Morgan fingerprint density at radius 3 is 2.60 bits per heavy atom. The van der Waals surface area contributed by atoms with E-state index in [4.69, 9.17) is 5.73 Å². The van der Waals surface area contributed by atoms with Gasteiger partial charge in [-0.15, -0.1) is 0 Å². The summed E-state index contributed by atoms with van der Waals surface area (Å²) in [7, 11) is 0. The molecule has 1 aliphatic rings. The molecule has 1 aliphatic heterocycles. The van der Waals surface area contributed by atoms with Crippen molar-refractivity contribution in [2.75, 3.05) is 13.1 Å². The van der Waals surface area contributed by atoms with Gasteiger partial charge in [0, 0.05) is 31.6 Å². The van der Waals surface area contributed by atoms with Crippen molar-refractivity contribution in [1.82, 2.24) is 10.0 Å². The van der Waals surface area contributed by atoms with Gasteiger partial charge in [-0.05, 0) is 33.6 Å². The van der Waals surface area contributed by atoms with Crippen molar-refractivity contribution >= 4 is 5.91 Å². The first kappa shape index (κ1) is 12.5. The lowest BCUT2D eigenvalue weighted by Crippen LogP contribution is -2.54. The van der Waals surface area contributed by atoms with Gasteiger partial charge in [-0.3, -0.25) is 9.80 Å². The molecular formula is C11H23N3O. The molecule has 1 amide bonds. The molecule has 4 nitrogen and oxygen atoms in total. The van der Waals surface area contributed by atoms with Crippen LogP contribution < -0.4 is 5.73 Å². The fourth-order valence-electron chi connectivity index (χ4n) is 1.90. The zero-order valence-corrected chi connectivity index (χ0v) is 10.1. The van der Waals surface area contributed by atoms with E-state index < -0.39 is 0 Å². The summed E-state index contributed by atoms with van der Waals surface area (Å²) in [6.07, 6.45) is 2.53. The molecular weight excluding hydrogens is 190 g/mol. The van der Waals surface area contributed by atoms with Crippen LogP contribution in [-0.4, -0.2) is 41.1 Å². The van der Waals surface area contributed by atoms with Crippen LogP contribution in [0.4, 0.5) is 0 Å². The molecule has 1 unspecified atom stereocenters. The van der Waals surface area contributed by atoms with Gasteiger partial charge in [0.2, 0.25) is 5.91 Å². The molecule has 15 heavy (non-hydrogen) atoms. The second kappa shape index (κ2) is 5.47. The topological polar surface area (TPSA) is 49.6 Å². The van der Waals surface area contributed by atoms with Gasteiger partial charge in [-0.2, -0.15) is 0 Å². The Morgan fingerprint density at radius 2 is 2.07 bits per heavy atom. The summed E-state index contributed by atoms with van der Waals surface area (Å²) in [5, 5.41) is 4.05. The fraction of sp³-hybridized carbons (Fsp3) is 0.909. The summed E-state index contributed by atoms with van der Waals surface area (Å²) >= 11 is 0. The Morgan fingerprint density at radius 1 is 1.40 bits per heavy atom. The molecule has 0 bridgehead atoms. The Labute approximate surface area is 92.4 Å². The third-order valence-corrected chi connectivity index (χ3v) is 2.77. The highest BCUT2D eigenvalue weighted by Gasteiger charge is 2.27. The highest BCUT2D eigenvalue weighted by Crippen LogP contribution is 2.15. The van der Waals surface area contributed by atoms with Crippen molar-refractivity contribution in [2.24, 2.45) is 5.73 Å². The van der Waals surface area contributed by atoms with E-state index in [-0.39, 0.29) is 11.9 Å². The maximum atomic E-state index is 11.8. The maximum absolute atomic E-state index is 11.8. The molecule has 2 N–H and O–H groups in total. The van der Waals surface area contributed by atoms with Gasteiger partial charge in [-0.1, -0.05) is 0 Å². The normalized spacial score (nSPS) is 21.1. The van der Waals surface area contributed by atoms with Gasteiger partial charge in [-0.25, -0.2) is 5.01 Å². The van der Waals surface area contributed by atoms with E-state index >= 15 is 0 Å². The number of hydrogen-bond acceptors (Lipinski definition) is 3. The van der Waals surface area contributed by atoms with Gasteiger partial charge in [0.1, 0.15) is 0 Å². The minimum absolute atomic E-state index is 0.161. The van der Waals surface area contributed by atoms with Crippen molar-refractivity contribution in [2.45, 2.75) is 52.1 Å². The van der Waals surface area contributed by atoms with E-state index in [0.29, 0.717) is 12.5 Å². The summed E-state index contributed by atoms with van der Waals surface area (Å²) in [4.78, 5) is 11.8. The van der Waals surface area contributed by atoms with Crippen LogP contribution in [0.3, 0.4) is 0 Å². The largest absolute Gasteiger partial charge is 0.328 e.